The van der Waals surface area contributed by atoms with Crippen LogP contribution in [0.1, 0.15) is 12.5 Å². The first-order valence-electron chi connectivity index (χ1n) is 7.21. The van der Waals surface area contributed by atoms with Gasteiger partial charge in [-0.05, 0) is 31.5 Å². The molecule has 3 heteroatoms. The van der Waals surface area contributed by atoms with Crippen LogP contribution in [0.3, 0.4) is 0 Å². The van der Waals surface area contributed by atoms with Crippen LogP contribution in [0.5, 0.6) is 11.6 Å². The van der Waals surface area contributed by atoms with Gasteiger partial charge >= 0.3 is 0 Å². The lowest BCUT2D eigenvalue weighted by atomic mass is 10.1. The number of para-hydroxylation sites is 2. The molecule has 0 aliphatic heterocycles. The molecule has 1 atom stereocenters. The number of ether oxygens (including phenoxy) is 1. The SMILES string of the molecule is CC(N)Cc1c(Oc2ccccc2)n(C)c2ccccc12. The molecule has 0 aliphatic carbocycles. The van der Waals surface area contributed by atoms with E-state index >= 15 is 0 Å². The van der Waals surface area contributed by atoms with Crippen molar-refractivity contribution in [2.75, 3.05) is 0 Å². The van der Waals surface area contributed by atoms with E-state index in [2.05, 4.69) is 22.8 Å². The Labute approximate surface area is 125 Å². The molecule has 2 aromatic carbocycles. The molecule has 3 aromatic rings. The number of hydrogen-bond donors (Lipinski definition) is 1. The lowest BCUT2D eigenvalue weighted by molar-refractivity contribution is 0.438. The predicted molar refractivity (Wildman–Crippen MR) is 86.8 cm³/mol. The van der Waals surface area contributed by atoms with E-state index in [1.807, 2.05) is 50.4 Å². The molecular weight excluding hydrogens is 260 g/mol. The van der Waals surface area contributed by atoms with Gasteiger partial charge in [0.1, 0.15) is 5.75 Å². The zero-order valence-electron chi connectivity index (χ0n) is 12.4. The van der Waals surface area contributed by atoms with Crippen LogP contribution in [-0.4, -0.2) is 10.6 Å². The molecule has 0 spiro atoms. The predicted octanol–water partition coefficient (Wildman–Crippen LogP) is 3.86. The van der Waals surface area contributed by atoms with Gasteiger partial charge < -0.3 is 15.0 Å². The molecule has 0 saturated carbocycles. The van der Waals surface area contributed by atoms with E-state index in [9.17, 15) is 0 Å². The molecule has 0 bridgehead atoms. The highest BCUT2D eigenvalue weighted by atomic mass is 16.5. The van der Waals surface area contributed by atoms with Crippen molar-refractivity contribution in [3.8, 4) is 11.6 Å². The van der Waals surface area contributed by atoms with Crippen LogP contribution in [0.2, 0.25) is 0 Å². The minimum atomic E-state index is 0.0916. The summed E-state index contributed by atoms with van der Waals surface area (Å²) in [5.74, 6) is 1.72. The van der Waals surface area contributed by atoms with Crippen LogP contribution in [0, 0.1) is 0 Å². The van der Waals surface area contributed by atoms with Gasteiger partial charge in [-0.2, -0.15) is 0 Å². The Morgan fingerprint density at radius 2 is 1.71 bits per heavy atom. The summed E-state index contributed by atoms with van der Waals surface area (Å²) in [6.45, 7) is 2.02. The van der Waals surface area contributed by atoms with Crippen molar-refractivity contribution in [3.05, 3.63) is 60.2 Å². The van der Waals surface area contributed by atoms with Crippen LogP contribution in [0.15, 0.2) is 54.6 Å². The highest BCUT2D eigenvalue weighted by Crippen LogP contribution is 2.34. The van der Waals surface area contributed by atoms with Crippen molar-refractivity contribution >= 4 is 10.9 Å². The van der Waals surface area contributed by atoms with Gasteiger partial charge in [-0.25, -0.2) is 0 Å². The standard InChI is InChI=1S/C18H20N2O/c1-13(19)12-16-15-10-6-7-11-17(15)20(2)18(16)21-14-8-4-3-5-9-14/h3-11,13H,12,19H2,1-2H3. The molecule has 0 aliphatic rings. The molecule has 0 fully saturated rings. The monoisotopic (exact) mass is 280 g/mol. The lowest BCUT2D eigenvalue weighted by Gasteiger charge is -2.11. The Balaban J connectivity index is 2.13. The smallest absolute Gasteiger partial charge is 0.204 e. The molecule has 1 unspecified atom stereocenters. The lowest BCUT2D eigenvalue weighted by Crippen LogP contribution is -2.18. The molecule has 21 heavy (non-hydrogen) atoms. The third-order valence-corrected chi connectivity index (χ3v) is 3.64. The third kappa shape index (κ3) is 2.65. The average Bonchev–Trinajstić information content (AvgIpc) is 2.74. The first-order valence-corrected chi connectivity index (χ1v) is 7.21. The van der Waals surface area contributed by atoms with Gasteiger partial charge in [0.15, 0.2) is 0 Å². The van der Waals surface area contributed by atoms with E-state index < -0.39 is 0 Å². The molecule has 3 rings (SSSR count). The summed E-state index contributed by atoms with van der Waals surface area (Å²) in [6.07, 6.45) is 0.795. The Bertz CT molecular complexity index is 745. The van der Waals surface area contributed by atoms with Crippen LogP contribution in [-0.2, 0) is 13.5 Å². The van der Waals surface area contributed by atoms with Gasteiger partial charge in [-0.1, -0.05) is 36.4 Å². The highest BCUT2D eigenvalue weighted by Gasteiger charge is 2.17. The van der Waals surface area contributed by atoms with Gasteiger partial charge in [-0.3, -0.25) is 0 Å². The first-order chi connectivity index (χ1) is 10.2. The molecule has 3 nitrogen and oxygen atoms in total. The number of hydrogen-bond acceptors (Lipinski definition) is 2. The number of aromatic nitrogens is 1. The van der Waals surface area contributed by atoms with Gasteiger partial charge in [0.2, 0.25) is 5.88 Å². The maximum Gasteiger partial charge on any atom is 0.204 e. The second-order valence-corrected chi connectivity index (χ2v) is 5.46. The van der Waals surface area contributed by atoms with Gasteiger partial charge in [0.25, 0.3) is 0 Å². The zero-order chi connectivity index (χ0) is 14.8. The second kappa shape index (κ2) is 5.62. The minimum absolute atomic E-state index is 0.0916. The summed E-state index contributed by atoms with van der Waals surface area (Å²) in [6, 6.07) is 18.3. The number of nitrogens with zero attached hydrogens (tertiary/aromatic N) is 1. The summed E-state index contributed by atoms with van der Waals surface area (Å²) in [5, 5.41) is 1.21. The molecule has 108 valence electrons. The summed E-state index contributed by atoms with van der Waals surface area (Å²) < 4.78 is 8.23. The molecule has 0 saturated heterocycles. The second-order valence-electron chi connectivity index (χ2n) is 5.46. The largest absolute Gasteiger partial charge is 0.441 e. The zero-order valence-corrected chi connectivity index (χ0v) is 12.4. The van der Waals surface area contributed by atoms with Crippen LogP contribution >= 0.6 is 0 Å². The third-order valence-electron chi connectivity index (χ3n) is 3.64. The normalized spacial score (nSPS) is 12.5. The molecular formula is C18H20N2O. The summed E-state index contributed by atoms with van der Waals surface area (Å²) >= 11 is 0. The fraction of sp³-hybridized carbons (Fsp3) is 0.222. The fourth-order valence-electron chi connectivity index (χ4n) is 2.70. The van der Waals surface area contributed by atoms with Crippen LogP contribution < -0.4 is 10.5 Å². The van der Waals surface area contributed by atoms with E-state index in [1.54, 1.807) is 0 Å². The first kappa shape index (κ1) is 13.7. The number of aryl methyl sites for hydroxylation is 1. The summed E-state index contributed by atoms with van der Waals surface area (Å²) in [4.78, 5) is 0. The van der Waals surface area contributed by atoms with Gasteiger partial charge in [0, 0.05) is 24.0 Å². The maximum absolute atomic E-state index is 6.13. The number of benzene rings is 2. The molecule has 0 radical (unpaired) electrons. The summed E-state index contributed by atoms with van der Waals surface area (Å²) in [7, 11) is 2.03. The molecule has 2 N–H and O–H groups in total. The van der Waals surface area contributed by atoms with Gasteiger partial charge in [-0.15, -0.1) is 0 Å². The Hall–Kier alpha value is -2.26. The number of fused-ring (bicyclic) bond motifs is 1. The van der Waals surface area contributed by atoms with Crippen molar-refractivity contribution in [1.82, 2.24) is 4.57 Å². The Kier molecular flexibility index (Phi) is 3.67. The van der Waals surface area contributed by atoms with Crippen LogP contribution in [0.4, 0.5) is 0 Å². The molecule has 1 heterocycles. The number of nitrogens with two attached hydrogens (primary N) is 1. The van der Waals surface area contributed by atoms with E-state index in [0.29, 0.717) is 0 Å². The topological polar surface area (TPSA) is 40.2 Å². The van der Waals surface area contributed by atoms with E-state index in [0.717, 1.165) is 18.1 Å². The quantitative estimate of drug-likeness (QED) is 0.788. The molecule has 0 amide bonds. The minimum Gasteiger partial charge on any atom is -0.441 e. The highest BCUT2D eigenvalue weighted by molar-refractivity contribution is 5.87. The Morgan fingerprint density at radius 1 is 1.05 bits per heavy atom. The van der Waals surface area contributed by atoms with E-state index in [4.69, 9.17) is 10.5 Å². The van der Waals surface area contributed by atoms with Crippen molar-refractivity contribution < 1.29 is 4.74 Å². The summed E-state index contributed by atoms with van der Waals surface area (Å²) in [5.41, 5.74) is 8.36. The van der Waals surface area contributed by atoms with E-state index in [1.165, 1.54) is 16.5 Å². The fourth-order valence-corrected chi connectivity index (χ4v) is 2.70. The van der Waals surface area contributed by atoms with E-state index in [-0.39, 0.29) is 6.04 Å². The van der Waals surface area contributed by atoms with Crippen molar-refractivity contribution in [3.63, 3.8) is 0 Å². The van der Waals surface area contributed by atoms with Crippen molar-refractivity contribution in [1.29, 1.82) is 0 Å². The number of rotatable bonds is 4. The molecule has 1 aromatic heterocycles. The van der Waals surface area contributed by atoms with Crippen molar-refractivity contribution in [2.24, 2.45) is 12.8 Å². The van der Waals surface area contributed by atoms with Gasteiger partial charge in [0.05, 0.1) is 5.52 Å². The average molecular weight is 280 g/mol. The van der Waals surface area contributed by atoms with Crippen LogP contribution in [0.25, 0.3) is 10.9 Å². The maximum atomic E-state index is 6.13. The van der Waals surface area contributed by atoms with Crippen molar-refractivity contribution in [2.45, 2.75) is 19.4 Å². The Morgan fingerprint density at radius 3 is 2.43 bits per heavy atom.